The van der Waals surface area contributed by atoms with E-state index in [0.717, 1.165) is 25.6 Å². The van der Waals surface area contributed by atoms with Gasteiger partial charge in [0.05, 0.1) is 0 Å². The van der Waals surface area contributed by atoms with E-state index in [1.165, 1.54) is 35.5 Å². The van der Waals surface area contributed by atoms with Crippen molar-refractivity contribution in [2.24, 2.45) is 0 Å². The first-order chi connectivity index (χ1) is 14.9. The van der Waals surface area contributed by atoms with Gasteiger partial charge in [0.2, 0.25) is 15.9 Å². The van der Waals surface area contributed by atoms with E-state index in [-0.39, 0.29) is 11.9 Å². The van der Waals surface area contributed by atoms with Crippen LogP contribution in [0.15, 0.2) is 59.5 Å². The summed E-state index contributed by atoms with van der Waals surface area (Å²) >= 11 is 1.52. The number of thioether (sulfide) groups is 1. The third-order valence-corrected chi connectivity index (χ3v) is 7.37. The molecule has 0 aromatic heterocycles. The van der Waals surface area contributed by atoms with Gasteiger partial charge in [0.25, 0.3) is 0 Å². The number of hydrogen-bond donors (Lipinski definition) is 2. The lowest BCUT2D eigenvalue weighted by Gasteiger charge is -2.21. The van der Waals surface area contributed by atoms with Crippen LogP contribution in [0.25, 0.3) is 0 Å². The molecule has 2 N–H and O–H groups in total. The number of rotatable bonds is 10. The molecule has 1 saturated heterocycles. The maximum atomic E-state index is 14.0. The normalized spacial score (nSPS) is 18.1. The molecule has 9 heteroatoms. The first-order valence-electron chi connectivity index (χ1n) is 10.2. The van der Waals surface area contributed by atoms with E-state index in [9.17, 15) is 17.6 Å². The van der Waals surface area contributed by atoms with E-state index < -0.39 is 26.8 Å². The molecule has 168 valence electrons. The monoisotopic (exact) mass is 465 g/mol. The number of hydrogen-bond acceptors (Lipinski definition) is 5. The number of carbonyl (C=O) groups is 1. The Morgan fingerprint density at radius 1 is 1.19 bits per heavy atom. The van der Waals surface area contributed by atoms with Gasteiger partial charge in [-0.25, -0.2) is 12.8 Å². The zero-order chi connectivity index (χ0) is 22.3. The van der Waals surface area contributed by atoms with E-state index in [1.54, 1.807) is 0 Å². The minimum atomic E-state index is -4.16. The zero-order valence-electron chi connectivity index (χ0n) is 17.5. The lowest BCUT2D eigenvalue weighted by Crippen LogP contribution is -2.50. The van der Waals surface area contributed by atoms with Crippen molar-refractivity contribution in [1.29, 1.82) is 0 Å². The summed E-state index contributed by atoms with van der Waals surface area (Å²) in [5.41, 5.74) is 1.21. The van der Waals surface area contributed by atoms with E-state index in [1.807, 2.05) is 24.5 Å². The van der Waals surface area contributed by atoms with Gasteiger partial charge in [-0.15, -0.1) is 0 Å². The molecule has 2 aromatic carbocycles. The fraction of sp³-hybridized carbons (Fsp3) is 0.409. The van der Waals surface area contributed by atoms with Crippen molar-refractivity contribution in [3.05, 3.63) is 66.0 Å². The number of halogens is 1. The SMILES string of the molecule is CSCCC(NS(=O)(=O)c1ccccc1F)C(=O)NC1CCN(Cc2ccccc2)C1. The van der Waals surface area contributed by atoms with Crippen LogP contribution in [0, 0.1) is 5.82 Å². The highest BCUT2D eigenvalue weighted by Crippen LogP contribution is 2.16. The molecule has 0 saturated carbocycles. The molecule has 0 spiro atoms. The van der Waals surface area contributed by atoms with Crippen LogP contribution in [0.2, 0.25) is 0 Å². The van der Waals surface area contributed by atoms with Crippen LogP contribution in [0.5, 0.6) is 0 Å². The number of nitrogens with one attached hydrogen (secondary N) is 2. The smallest absolute Gasteiger partial charge is 0.244 e. The van der Waals surface area contributed by atoms with E-state index in [0.29, 0.717) is 18.7 Å². The van der Waals surface area contributed by atoms with Crippen LogP contribution < -0.4 is 10.0 Å². The molecule has 0 aliphatic carbocycles. The van der Waals surface area contributed by atoms with Gasteiger partial charge in [-0.05, 0) is 42.5 Å². The predicted octanol–water partition coefficient (Wildman–Crippen LogP) is 2.62. The summed E-state index contributed by atoms with van der Waals surface area (Å²) in [5, 5.41) is 2.98. The number of likely N-dealkylation sites (tertiary alicyclic amines) is 1. The summed E-state index contributed by atoms with van der Waals surface area (Å²) in [7, 11) is -4.16. The first kappa shape index (κ1) is 23.7. The van der Waals surface area contributed by atoms with Crippen molar-refractivity contribution in [3.8, 4) is 0 Å². The fourth-order valence-electron chi connectivity index (χ4n) is 3.63. The second kappa shape index (κ2) is 11.1. The van der Waals surface area contributed by atoms with Gasteiger partial charge in [0, 0.05) is 25.7 Å². The minimum Gasteiger partial charge on any atom is -0.351 e. The molecule has 31 heavy (non-hydrogen) atoms. The number of sulfonamides is 1. The van der Waals surface area contributed by atoms with E-state index >= 15 is 0 Å². The van der Waals surface area contributed by atoms with Crippen LogP contribution in [-0.4, -0.2) is 56.4 Å². The van der Waals surface area contributed by atoms with Gasteiger partial charge in [0.15, 0.2) is 0 Å². The second-order valence-corrected chi connectivity index (χ2v) is 10.3. The molecule has 1 fully saturated rings. The average Bonchev–Trinajstić information content (AvgIpc) is 3.18. The van der Waals surface area contributed by atoms with Gasteiger partial charge in [-0.1, -0.05) is 42.5 Å². The van der Waals surface area contributed by atoms with E-state index in [4.69, 9.17) is 0 Å². The molecule has 2 unspecified atom stereocenters. The standard InChI is InChI=1S/C22H28FN3O3S2/c1-30-14-12-20(25-31(28,29)21-10-6-5-9-19(21)23)22(27)24-18-11-13-26(16-18)15-17-7-3-2-4-8-17/h2-10,18,20,25H,11-16H2,1H3,(H,24,27). The van der Waals surface area contributed by atoms with Gasteiger partial charge >= 0.3 is 0 Å². The van der Waals surface area contributed by atoms with Crippen LogP contribution in [0.4, 0.5) is 4.39 Å². The maximum Gasteiger partial charge on any atom is 0.244 e. The third kappa shape index (κ3) is 6.77. The lowest BCUT2D eigenvalue weighted by molar-refractivity contribution is -0.123. The Morgan fingerprint density at radius 2 is 1.90 bits per heavy atom. The number of nitrogens with zero attached hydrogens (tertiary/aromatic N) is 1. The summed E-state index contributed by atoms with van der Waals surface area (Å²) in [5.74, 6) is -0.616. The minimum absolute atomic E-state index is 0.0500. The molecule has 3 rings (SSSR count). The quantitative estimate of drug-likeness (QED) is 0.564. The summed E-state index contributed by atoms with van der Waals surface area (Å²) in [6.07, 6.45) is 3.01. The van der Waals surface area contributed by atoms with Gasteiger partial charge < -0.3 is 5.32 Å². The molecule has 0 bridgehead atoms. The van der Waals surface area contributed by atoms with Crippen molar-refractivity contribution < 1.29 is 17.6 Å². The van der Waals surface area contributed by atoms with Crippen molar-refractivity contribution in [2.75, 3.05) is 25.1 Å². The second-order valence-electron chi connectivity index (χ2n) is 7.60. The average molecular weight is 466 g/mol. The van der Waals surface area contributed by atoms with Crippen molar-refractivity contribution in [3.63, 3.8) is 0 Å². The maximum absolute atomic E-state index is 14.0. The summed E-state index contributed by atoms with van der Waals surface area (Å²) < 4.78 is 41.8. The largest absolute Gasteiger partial charge is 0.351 e. The highest BCUT2D eigenvalue weighted by Gasteiger charge is 2.30. The first-order valence-corrected chi connectivity index (χ1v) is 13.1. The van der Waals surface area contributed by atoms with Crippen molar-refractivity contribution in [1.82, 2.24) is 14.9 Å². The molecule has 1 amide bonds. The number of amides is 1. The van der Waals surface area contributed by atoms with E-state index in [2.05, 4.69) is 27.1 Å². The zero-order valence-corrected chi connectivity index (χ0v) is 19.1. The van der Waals surface area contributed by atoms with Crippen LogP contribution in [-0.2, 0) is 21.4 Å². The molecule has 2 atom stereocenters. The van der Waals surface area contributed by atoms with Gasteiger partial charge in [0.1, 0.15) is 16.8 Å². The highest BCUT2D eigenvalue weighted by atomic mass is 32.2. The summed E-state index contributed by atoms with van der Waals surface area (Å²) in [4.78, 5) is 14.7. The highest BCUT2D eigenvalue weighted by molar-refractivity contribution is 7.98. The molecular weight excluding hydrogens is 437 g/mol. The molecular formula is C22H28FN3O3S2. The molecule has 6 nitrogen and oxygen atoms in total. The van der Waals surface area contributed by atoms with Crippen LogP contribution >= 0.6 is 11.8 Å². The summed E-state index contributed by atoms with van der Waals surface area (Å²) in [6.45, 7) is 2.37. The molecule has 0 radical (unpaired) electrons. The number of carbonyl (C=O) groups excluding carboxylic acids is 1. The van der Waals surface area contributed by atoms with Gasteiger partial charge in [-0.2, -0.15) is 16.5 Å². The topological polar surface area (TPSA) is 78.5 Å². The summed E-state index contributed by atoms with van der Waals surface area (Å²) in [6, 6.07) is 14.3. The Labute approximate surface area is 187 Å². The van der Waals surface area contributed by atoms with Crippen molar-refractivity contribution >= 4 is 27.7 Å². The Kier molecular flexibility index (Phi) is 8.48. The predicted molar refractivity (Wildman–Crippen MR) is 122 cm³/mol. The molecule has 1 heterocycles. The third-order valence-electron chi connectivity index (χ3n) is 5.22. The lowest BCUT2D eigenvalue weighted by atomic mass is 10.2. The Bertz CT molecular complexity index is 973. The van der Waals surface area contributed by atoms with Crippen LogP contribution in [0.1, 0.15) is 18.4 Å². The Balaban J connectivity index is 1.61. The Morgan fingerprint density at radius 3 is 2.61 bits per heavy atom. The molecule has 1 aliphatic heterocycles. The van der Waals surface area contributed by atoms with Crippen molar-refractivity contribution in [2.45, 2.75) is 36.4 Å². The fourth-order valence-corrected chi connectivity index (χ4v) is 5.41. The van der Waals surface area contributed by atoms with Crippen LogP contribution in [0.3, 0.4) is 0 Å². The van der Waals surface area contributed by atoms with Gasteiger partial charge in [-0.3, -0.25) is 9.69 Å². The number of benzene rings is 2. The molecule has 2 aromatic rings. The Hall–Kier alpha value is -1.94. The molecule has 1 aliphatic rings.